The van der Waals surface area contributed by atoms with Gasteiger partial charge in [-0.1, -0.05) is 46.8 Å². The molecule has 0 saturated carbocycles. The molecule has 0 spiro atoms. The lowest BCUT2D eigenvalue weighted by atomic mass is 9.87. The molecule has 1 N–H and O–H groups in total. The maximum Gasteiger partial charge on any atom is 0.226 e. The quantitative estimate of drug-likeness (QED) is 0.867. The molecule has 0 aliphatic heterocycles. The van der Waals surface area contributed by atoms with E-state index in [1.165, 1.54) is 5.56 Å². The molecule has 0 unspecified atom stereocenters. The maximum atomic E-state index is 12.1. The summed E-state index contributed by atoms with van der Waals surface area (Å²) in [6.45, 7) is 13.3. The first-order valence-electron chi connectivity index (χ1n) is 8.25. The third-order valence-corrected chi connectivity index (χ3v) is 3.67. The summed E-state index contributed by atoms with van der Waals surface area (Å²) in [6.07, 6.45) is 0.313. The molecular formula is C19H30N2O2. The van der Waals surface area contributed by atoms with Crippen LogP contribution in [0.5, 0.6) is 0 Å². The van der Waals surface area contributed by atoms with Gasteiger partial charge in [-0.3, -0.25) is 9.59 Å². The number of hydrogen-bond donors (Lipinski definition) is 1. The van der Waals surface area contributed by atoms with E-state index in [1.807, 2.05) is 24.3 Å². The van der Waals surface area contributed by atoms with E-state index >= 15 is 0 Å². The zero-order valence-electron chi connectivity index (χ0n) is 15.3. The largest absolute Gasteiger partial charge is 0.342 e. The molecule has 0 radical (unpaired) electrons. The van der Waals surface area contributed by atoms with Gasteiger partial charge in [0.2, 0.25) is 11.8 Å². The summed E-state index contributed by atoms with van der Waals surface area (Å²) in [4.78, 5) is 25.4. The van der Waals surface area contributed by atoms with Gasteiger partial charge in [-0.05, 0) is 29.0 Å². The van der Waals surface area contributed by atoms with Gasteiger partial charge in [-0.25, -0.2) is 0 Å². The number of nitrogens with one attached hydrogen (secondary N) is 1. The molecule has 1 aromatic carbocycles. The molecule has 0 heterocycles. The molecule has 0 atom stereocenters. The number of amides is 2. The zero-order valence-corrected chi connectivity index (χ0v) is 15.3. The van der Waals surface area contributed by atoms with E-state index < -0.39 is 0 Å². The second-order valence-corrected chi connectivity index (χ2v) is 7.48. The predicted molar refractivity (Wildman–Crippen MR) is 95.5 cm³/mol. The fourth-order valence-corrected chi connectivity index (χ4v) is 2.33. The molecule has 0 saturated heterocycles. The lowest BCUT2D eigenvalue weighted by molar-refractivity contribution is -0.129. The monoisotopic (exact) mass is 318 g/mol. The third-order valence-electron chi connectivity index (χ3n) is 3.67. The Bertz CT molecular complexity index is 527. The van der Waals surface area contributed by atoms with Gasteiger partial charge in [0.15, 0.2) is 0 Å². The molecule has 0 aromatic heterocycles. The van der Waals surface area contributed by atoms with Gasteiger partial charge in [-0.2, -0.15) is 0 Å². The van der Waals surface area contributed by atoms with Crippen LogP contribution in [0.15, 0.2) is 24.3 Å². The van der Waals surface area contributed by atoms with E-state index in [2.05, 4.69) is 39.9 Å². The highest BCUT2D eigenvalue weighted by Gasteiger charge is 2.14. The summed E-state index contributed by atoms with van der Waals surface area (Å²) in [7, 11) is 0. The van der Waals surface area contributed by atoms with Gasteiger partial charge in [0, 0.05) is 32.1 Å². The Labute approximate surface area is 140 Å². The molecule has 4 heteroatoms. The molecule has 1 aromatic rings. The molecule has 23 heavy (non-hydrogen) atoms. The van der Waals surface area contributed by atoms with Gasteiger partial charge < -0.3 is 10.2 Å². The van der Waals surface area contributed by atoms with Crippen LogP contribution in [0.4, 0.5) is 5.69 Å². The number of nitrogens with zero attached hydrogens (tertiary/aromatic N) is 1. The minimum atomic E-state index is -0.0662. The van der Waals surface area contributed by atoms with Crippen LogP contribution < -0.4 is 5.32 Å². The number of hydrogen-bond acceptors (Lipinski definition) is 2. The average molecular weight is 318 g/mol. The van der Waals surface area contributed by atoms with E-state index in [-0.39, 0.29) is 17.2 Å². The van der Waals surface area contributed by atoms with Crippen molar-refractivity contribution < 1.29 is 9.59 Å². The van der Waals surface area contributed by atoms with Crippen molar-refractivity contribution in [1.29, 1.82) is 0 Å². The second kappa shape index (κ2) is 8.14. The molecule has 0 fully saturated rings. The molecule has 0 aliphatic rings. The Morgan fingerprint density at radius 3 is 2.13 bits per heavy atom. The topological polar surface area (TPSA) is 49.4 Å². The van der Waals surface area contributed by atoms with Gasteiger partial charge in [0.05, 0.1) is 0 Å². The van der Waals surface area contributed by atoms with Crippen LogP contribution in [0.3, 0.4) is 0 Å². The molecular weight excluding hydrogens is 288 g/mol. The third kappa shape index (κ3) is 6.85. The van der Waals surface area contributed by atoms with Crippen molar-refractivity contribution in [1.82, 2.24) is 4.90 Å². The molecule has 0 bridgehead atoms. The Morgan fingerprint density at radius 2 is 1.70 bits per heavy atom. The van der Waals surface area contributed by atoms with Crippen molar-refractivity contribution in [2.24, 2.45) is 5.92 Å². The zero-order chi connectivity index (χ0) is 17.6. The SMILES string of the molecule is CC(=O)N(CCC(=O)Nc1ccc(C(C)(C)C)cc1)CC(C)C. The summed E-state index contributed by atoms with van der Waals surface area (Å²) < 4.78 is 0. The first kappa shape index (κ1) is 19.2. The van der Waals surface area contributed by atoms with E-state index in [4.69, 9.17) is 0 Å². The Hall–Kier alpha value is -1.84. The van der Waals surface area contributed by atoms with E-state index in [9.17, 15) is 9.59 Å². The lowest BCUT2D eigenvalue weighted by Crippen LogP contribution is -2.34. The number of benzene rings is 1. The van der Waals surface area contributed by atoms with E-state index in [1.54, 1.807) is 11.8 Å². The van der Waals surface area contributed by atoms with Crippen molar-refractivity contribution in [3.05, 3.63) is 29.8 Å². The number of carbonyl (C=O) groups excluding carboxylic acids is 2. The van der Waals surface area contributed by atoms with E-state index in [0.29, 0.717) is 25.4 Å². The summed E-state index contributed by atoms with van der Waals surface area (Å²) in [6, 6.07) is 7.93. The minimum absolute atomic E-state index is 0.0148. The van der Waals surface area contributed by atoms with Gasteiger partial charge in [0.25, 0.3) is 0 Å². The molecule has 1 rings (SSSR count). The van der Waals surface area contributed by atoms with Gasteiger partial charge >= 0.3 is 0 Å². The smallest absolute Gasteiger partial charge is 0.226 e. The van der Waals surface area contributed by atoms with Crippen LogP contribution in [0.1, 0.15) is 53.5 Å². The highest BCUT2D eigenvalue weighted by Crippen LogP contribution is 2.23. The van der Waals surface area contributed by atoms with Crippen molar-refractivity contribution >= 4 is 17.5 Å². The van der Waals surface area contributed by atoms with Crippen LogP contribution in [0, 0.1) is 5.92 Å². The number of rotatable bonds is 6. The van der Waals surface area contributed by atoms with Crippen LogP contribution in [0.25, 0.3) is 0 Å². The van der Waals surface area contributed by atoms with Crippen LogP contribution >= 0.6 is 0 Å². The van der Waals surface area contributed by atoms with Gasteiger partial charge in [-0.15, -0.1) is 0 Å². The fourth-order valence-electron chi connectivity index (χ4n) is 2.33. The average Bonchev–Trinajstić information content (AvgIpc) is 2.42. The lowest BCUT2D eigenvalue weighted by Gasteiger charge is -2.23. The van der Waals surface area contributed by atoms with Crippen molar-refractivity contribution in [3.8, 4) is 0 Å². The van der Waals surface area contributed by atoms with Crippen LogP contribution in [0.2, 0.25) is 0 Å². The fraction of sp³-hybridized carbons (Fsp3) is 0.579. The standard InChI is InChI=1S/C19H30N2O2/c1-14(2)13-21(15(3)22)12-11-18(23)20-17-9-7-16(8-10-17)19(4,5)6/h7-10,14H,11-13H2,1-6H3,(H,20,23). The number of carbonyl (C=O) groups is 2. The van der Waals surface area contributed by atoms with E-state index in [0.717, 1.165) is 5.69 Å². The van der Waals surface area contributed by atoms with Crippen LogP contribution in [-0.4, -0.2) is 29.8 Å². The van der Waals surface area contributed by atoms with Crippen molar-refractivity contribution in [2.75, 3.05) is 18.4 Å². The molecule has 0 aliphatic carbocycles. The predicted octanol–water partition coefficient (Wildman–Crippen LogP) is 3.82. The first-order valence-corrected chi connectivity index (χ1v) is 8.25. The normalized spacial score (nSPS) is 11.4. The molecule has 4 nitrogen and oxygen atoms in total. The highest BCUT2D eigenvalue weighted by atomic mass is 16.2. The van der Waals surface area contributed by atoms with Crippen molar-refractivity contribution in [2.45, 2.75) is 53.4 Å². The second-order valence-electron chi connectivity index (χ2n) is 7.48. The number of anilines is 1. The summed E-state index contributed by atoms with van der Waals surface area (Å²) in [5, 5.41) is 2.89. The Kier molecular flexibility index (Phi) is 6.79. The minimum Gasteiger partial charge on any atom is -0.342 e. The van der Waals surface area contributed by atoms with Crippen LogP contribution in [-0.2, 0) is 15.0 Å². The maximum absolute atomic E-state index is 12.1. The molecule has 2 amide bonds. The highest BCUT2D eigenvalue weighted by molar-refractivity contribution is 5.91. The molecule has 128 valence electrons. The summed E-state index contributed by atoms with van der Waals surface area (Å²) in [5.74, 6) is 0.344. The summed E-state index contributed by atoms with van der Waals surface area (Å²) >= 11 is 0. The summed E-state index contributed by atoms with van der Waals surface area (Å²) in [5.41, 5.74) is 2.12. The van der Waals surface area contributed by atoms with Crippen molar-refractivity contribution in [3.63, 3.8) is 0 Å². The first-order chi connectivity index (χ1) is 10.6. The van der Waals surface area contributed by atoms with Gasteiger partial charge in [0.1, 0.15) is 0 Å². The Morgan fingerprint density at radius 1 is 1.13 bits per heavy atom. The Balaban J connectivity index is 2.54.